The van der Waals surface area contributed by atoms with Gasteiger partial charge >= 0.3 is 0 Å². The topological polar surface area (TPSA) is 140 Å². The first-order valence-electron chi connectivity index (χ1n) is 16.0. The zero-order valence-electron chi connectivity index (χ0n) is 26.2. The maximum Gasteiger partial charge on any atom is 0.291 e. The van der Waals surface area contributed by atoms with E-state index in [1.807, 2.05) is 48.7 Å². The molecule has 2 saturated heterocycles. The second kappa shape index (κ2) is 14.3. The van der Waals surface area contributed by atoms with Gasteiger partial charge in [-0.15, -0.1) is 0 Å². The van der Waals surface area contributed by atoms with Crippen LogP contribution in [0.2, 0.25) is 5.02 Å². The first-order chi connectivity index (χ1) is 22.8. The molecule has 47 heavy (non-hydrogen) atoms. The van der Waals surface area contributed by atoms with Crippen LogP contribution in [-0.4, -0.2) is 87.6 Å². The second-order valence-electron chi connectivity index (χ2n) is 12.3. The van der Waals surface area contributed by atoms with Crippen molar-refractivity contribution in [1.29, 1.82) is 0 Å². The van der Waals surface area contributed by atoms with Crippen molar-refractivity contribution < 1.29 is 19.2 Å². The average Bonchev–Trinajstić information content (AvgIpc) is 3.71. The summed E-state index contributed by atoms with van der Waals surface area (Å²) in [5.74, 6) is -1.83. The molecule has 0 saturated carbocycles. The molecule has 2 aliphatic heterocycles. The van der Waals surface area contributed by atoms with Gasteiger partial charge in [-0.1, -0.05) is 48.0 Å². The number of benzene rings is 2. The highest BCUT2D eigenvalue weighted by molar-refractivity contribution is 6.31. The Morgan fingerprint density at radius 2 is 1.74 bits per heavy atom. The molecule has 244 valence electrons. The van der Waals surface area contributed by atoms with E-state index in [-0.39, 0.29) is 54.3 Å². The van der Waals surface area contributed by atoms with E-state index < -0.39 is 12.0 Å². The minimum Gasteiger partial charge on any atom is -0.361 e. The molecule has 3 N–H and O–H groups in total. The number of aryl methyl sites for hydroxylation is 1. The van der Waals surface area contributed by atoms with Crippen LogP contribution in [0.15, 0.2) is 73.2 Å². The van der Waals surface area contributed by atoms with E-state index >= 15 is 0 Å². The van der Waals surface area contributed by atoms with Crippen LogP contribution in [0, 0.1) is 17.8 Å². The maximum absolute atomic E-state index is 14.1. The summed E-state index contributed by atoms with van der Waals surface area (Å²) in [6.07, 6.45) is 6.95. The number of carbonyl (C=O) groups excluding carboxylic acids is 4. The van der Waals surface area contributed by atoms with Crippen molar-refractivity contribution in [2.24, 2.45) is 17.8 Å². The Bertz CT molecular complexity index is 1750. The first-order valence-corrected chi connectivity index (χ1v) is 16.3. The van der Waals surface area contributed by atoms with Crippen molar-refractivity contribution in [1.82, 2.24) is 35.4 Å². The molecule has 0 aliphatic carbocycles. The van der Waals surface area contributed by atoms with Gasteiger partial charge in [0.25, 0.3) is 5.91 Å². The molecule has 2 aliphatic rings. The van der Waals surface area contributed by atoms with Gasteiger partial charge in [-0.2, -0.15) is 0 Å². The predicted molar refractivity (Wildman–Crippen MR) is 177 cm³/mol. The number of rotatable bonds is 10. The summed E-state index contributed by atoms with van der Waals surface area (Å²) in [5, 5.41) is 7.21. The lowest BCUT2D eigenvalue weighted by Crippen LogP contribution is -2.56. The molecule has 2 aromatic carbocycles. The number of piperidine rings is 1. The SMILES string of the molecule is CNC(=O)[C@H](CCCc1ccccc1)NC(=O)C1CN(C(=O)Cc2c[nH]c3cc(Cl)ccc23)CC2CN(C(=O)c3ncccn3)CC21. The zero-order chi connectivity index (χ0) is 32.9. The molecule has 0 bridgehead atoms. The average molecular weight is 656 g/mol. The van der Waals surface area contributed by atoms with Crippen LogP contribution in [0.5, 0.6) is 0 Å². The van der Waals surface area contributed by atoms with Crippen molar-refractivity contribution in [3.05, 3.63) is 95.2 Å². The van der Waals surface area contributed by atoms with Gasteiger partial charge in [-0.25, -0.2) is 9.97 Å². The molecule has 4 heterocycles. The molecule has 6 rings (SSSR count). The number of likely N-dealkylation sites (tertiary alicyclic amines) is 2. The number of halogens is 1. The van der Waals surface area contributed by atoms with Crippen LogP contribution in [0.4, 0.5) is 0 Å². The molecular weight excluding hydrogens is 618 g/mol. The third-order valence-corrected chi connectivity index (χ3v) is 9.60. The number of hydrogen-bond acceptors (Lipinski definition) is 6. The van der Waals surface area contributed by atoms with Crippen molar-refractivity contribution in [3.8, 4) is 0 Å². The highest BCUT2D eigenvalue weighted by atomic mass is 35.5. The quantitative estimate of drug-likeness (QED) is 0.240. The molecule has 4 atom stereocenters. The number of nitrogens with zero attached hydrogens (tertiary/aromatic N) is 4. The smallest absolute Gasteiger partial charge is 0.291 e. The number of likely N-dealkylation sites (N-methyl/N-ethyl adjacent to an activating group) is 1. The van der Waals surface area contributed by atoms with Crippen LogP contribution in [0.25, 0.3) is 10.9 Å². The first kappa shape index (κ1) is 32.2. The summed E-state index contributed by atoms with van der Waals surface area (Å²) >= 11 is 6.15. The Balaban J connectivity index is 1.20. The molecule has 12 heteroatoms. The summed E-state index contributed by atoms with van der Waals surface area (Å²) in [7, 11) is 1.56. The van der Waals surface area contributed by atoms with E-state index in [1.165, 1.54) is 12.4 Å². The monoisotopic (exact) mass is 655 g/mol. The number of nitrogens with one attached hydrogen (secondary N) is 3. The van der Waals surface area contributed by atoms with Gasteiger partial charge in [0.15, 0.2) is 0 Å². The molecule has 3 unspecified atom stereocenters. The summed E-state index contributed by atoms with van der Waals surface area (Å²) in [5.41, 5.74) is 2.85. The van der Waals surface area contributed by atoms with E-state index in [4.69, 9.17) is 11.6 Å². The van der Waals surface area contributed by atoms with Gasteiger partial charge in [-0.3, -0.25) is 19.2 Å². The Morgan fingerprint density at radius 3 is 2.51 bits per heavy atom. The van der Waals surface area contributed by atoms with Crippen LogP contribution in [-0.2, 0) is 27.2 Å². The number of H-pyrrole nitrogens is 1. The van der Waals surface area contributed by atoms with Gasteiger partial charge in [0.05, 0.1) is 12.3 Å². The van der Waals surface area contributed by atoms with Crippen molar-refractivity contribution >= 4 is 46.1 Å². The van der Waals surface area contributed by atoms with Crippen LogP contribution in [0.3, 0.4) is 0 Å². The number of fused-ring (bicyclic) bond motifs is 2. The normalized spacial score (nSPS) is 19.7. The molecule has 2 fully saturated rings. The second-order valence-corrected chi connectivity index (χ2v) is 12.8. The number of amides is 4. The lowest BCUT2D eigenvalue weighted by atomic mass is 9.79. The summed E-state index contributed by atoms with van der Waals surface area (Å²) in [6.45, 7) is 1.31. The van der Waals surface area contributed by atoms with Gasteiger partial charge in [-0.05, 0) is 60.4 Å². The molecule has 4 amide bonds. The molecule has 0 radical (unpaired) electrons. The van der Waals surface area contributed by atoms with Gasteiger partial charge < -0.3 is 25.4 Å². The lowest BCUT2D eigenvalue weighted by molar-refractivity contribution is -0.140. The summed E-state index contributed by atoms with van der Waals surface area (Å²) in [6, 6.07) is 16.4. The number of aromatic amines is 1. The third kappa shape index (κ3) is 7.30. The highest BCUT2D eigenvalue weighted by Gasteiger charge is 2.48. The summed E-state index contributed by atoms with van der Waals surface area (Å²) in [4.78, 5) is 69.0. The molecule has 2 aromatic heterocycles. The number of hydrogen-bond donors (Lipinski definition) is 3. The minimum atomic E-state index is -0.726. The fourth-order valence-corrected chi connectivity index (χ4v) is 7.10. The highest BCUT2D eigenvalue weighted by Crippen LogP contribution is 2.36. The third-order valence-electron chi connectivity index (χ3n) is 9.37. The molecule has 4 aromatic rings. The number of aromatic nitrogens is 3. The lowest BCUT2D eigenvalue weighted by Gasteiger charge is -2.40. The van der Waals surface area contributed by atoms with E-state index in [0.29, 0.717) is 37.5 Å². The van der Waals surface area contributed by atoms with Crippen molar-refractivity contribution in [2.75, 3.05) is 33.2 Å². The van der Waals surface area contributed by atoms with Gasteiger partial charge in [0.2, 0.25) is 23.5 Å². The molecule has 11 nitrogen and oxygen atoms in total. The Morgan fingerprint density at radius 1 is 0.979 bits per heavy atom. The zero-order valence-corrected chi connectivity index (χ0v) is 27.0. The van der Waals surface area contributed by atoms with Crippen LogP contribution in [0.1, 0.15) is 34.6 Å². The predicted octanol–water partition coefficient (Wildman–Crippen LogP) is 3.25. The largest absolute Gasteiger partial charge is 0.361 e. The van der Waals surface area contributed by atoms with E-state index in [9.17, 15) is 19.2 Å². The van der Waals surface area contributed by atoms with Crippen LogP contribution < -0.4 is 10.6 Å². The van der Waals surface area contributed by atoms with Gasteiger partial charge in [0.1, 0.15) is 6.04 Å². The Labute approximate surface area is 278 Å². The Kier molecular flexibility index (Phi) is 9.81. The Hall–Kier alpha value is -4.77. The number of carbonyl (C=O) groups is 4. The van der Waals surface area contributed by atoms with Crippen LogP contribution >= 0.6 is 11.6 Å². The van der Waals surface area contributed by atoms with E-state index in [1.54, 1.807) is 29.0 Å². The standard InChI is InChI=1S/C35H38ClN7O4/c1-37-34(46)29(10-5-9-22-7-3-2-4-8-22)41-33(45)28-21-42(31(44)15-23-17-40-30-16-25(36)11-12-26(23)30)18-24-19-43(20-27(24)28)35(47)32-38-13-6-14-39-32/h2-4,6-8,11-14,16-17,24,27-29,40H,5,9-10,15,18-21H2,1H3,(H,37,46)(H,41,45)/t24?,27?,28?,29-/m0/s1. The van der Waals surface area contributed by atoms with Crippen molar-refractivity contribution in [3.63, 3.8) is 0 Å². The van der Waals surface area contributed by atoms with Gasteiger partial charge in [0, 0.05) is 67.7 Å². The molecule has 0 spiro atoms. The van der Waals surface area contributed by atoms with Crippen molar-refractivity contribution in [2.45, 2.75) is 31.7 Å². The van der Waals surface area contributed by atoms with E-state index in [2.05, 4.69) is 25.6 Å². The minimum absolute atomic E-state index is 0.0950. The molecular formula is C35H38ClN7O4. The summed E-state index contributed by atoms with van der Waals surface area (Å²) < 4.78 is 0. The fraction of sp³-hybridized carbons (Fsp3) is 0.371. The fourth-order valence-electron chi connectivity index (χ4n) is 6.93. The maximum atomic E-state index is 14.1. The van der Waals surface area contributed by atoms with E-state index in [0.717, 1.165) is 28.5 Å².